The molecule has 0 aromatic rings. The van der Waals surface area contributed by atoms with Crippen LogP contribution in [0.4, 0.5) is 13.2 Å². The topological polar surface area (TPSA) is 21.6 Å². The molecule has 0 rings (SSSR count). The number of rotatable bonds is 3. The summed E-state index contributed by atoms with van der Waals surface area (Å²) < 4.78 is 33.8. The molecule has 0 aromatic carbocycles. The van der Waals surface area contributed by atoms with E-state index in [0.717, 1.165) is 6.21 Å². The lowest BCUT2D eigenvalue weighted by atomic mass is 10.6. The lowest BCUT2D eigenvalue weighted by Crippen LogP contribution is -2.14. The van der Waals surface area contributed by atoms with Gasteiger partial charge in [0.25, 0.3) is 0 Å². The molecule has 0 unspecified atom stereocenters. The molecule has 5 heteroatoms. The molecule has 0 atom stereocenters. The molecule has 59 valence electrons. The SMILES string of the molecule is [CH2]C/C=N/OCC(F)(F)F. The van der Waals surface area contributed by atoms with E-state index in [1.165, 1.54) is 0 Å². The normalized spacial score (nSPS) is 12.4. The molecule has 1 radical (unpaired) electrons. The first-order valence-electron chi connectivity index (χ1n) is 2.56. The summed E-state index contributed by atoms with van der Waals surface area (Å²) in [6, 6.07) is 0. The van der Waals surface area contributed by atoms with Crippen LogP contribution >= 0.6 is 0 Å². The Balaban J connectivity index is 3.28. The van der Waals surface area contributed by atoms with Gasteiger partial charge in [-0.15, -0.1) is 0 Å². The van der Waals surface area contributed by atoms with Crippen LogP contribution in [0.5, 0.6) is 0 Å². The summed E-state index contributed by atoms with van der Waals surface area (Å²) in [6.07, 6.45) is -2.83. The van der Waals surface area contributed by atoms with E-state index in [1.54, 1.807) is 0 Å². The third kappa shape index (κ3) is 7.26. The number of alkyl halides is 3. The van der Waals surface area contributed by atoms with Crippen LogP contribution in [0.1, 0.15) is 6.42 Å². The maximum absolute atomic E-state index is 11.3. The number of halogens is 3. The second-order valence-electron chi connectivity index (χ2n) is 1.47. The van der Waals surface area contributed by atoms with Crippen LogP contribution in [-0.4, -0.2) is 19.0 Å². The molecule has 0 aliphatic carbocycles. The van der Waals surface area contributed by atoms with Gasteiger partial charge in [-0.25, -0.2) is 0 Å². The van der Waals surface area contributed by atoms with E-state index in [2.05, 4.69) is 16.9 Å². The molecule has 0 saturated carbocycles. The van der Waals surface area contributed by atoms with Crippen LogP contribution in [0, 0.1) is 6.92 Å². The number of hydrogen-bond donors (Lipinski definition) is 0. The van der Waals surface area contributed by atoms with Crippen LogP contribution in [-0.2, 0) is 4.84 Å². The van der Waals surface area contributed by atoms with Crippen molar-refractivity contribution >= 4 is 6.21 Å². The zero-order valence-electron chi connectivity index (χ0n) is 5.19. The summed E-state index contributed by atoms with van der Waals surface area (Å²) in [6.45, 7) is 1.97. The molecule has 10 heavy (non-hydrogen) atoms. The minimum Gasteiger partial charge on any atom is -0.386 e. The van der Waals surface area contributed by atoms with Crippen molar-refractivity contribution in [1.29, 1.82) is 0 Å². The van der Waals surface area contributed by atoms with E-state index in [1.807, 2.05) is 0 Å². The highest BCUT2D eigenvalue weighted by Gasteiger charge is 2.28. The third-order valence-corrected chi connectivity index (χ3v) is 0.506. The van der Waals surface area contributed by atoms with Crippen LogP contribution < -0.4 is 0 Å². The minimum absolute atomic E-state index is 0.317. The Kier molecular flexibility index (Phi) is 3.83. The van der Waals surface area contributed by atoms with E-state index in [9.17, 15) is 13.2 Å². The summed E-state index contributed by atoms with van der Waals surface area (Å²) in [5, 5.41) is 2.97. The van der Waals surface area contributed by atoms with Gasteiger partial charge in [-0.3, -0.25) is 0 Å². The number of hydrogen-bond acceptors (Lipinski definition) is 2. The lowest BCUT2D eigenvalue weighted by molar-refractivity contribution is -0.173. The Labute approximate surface area is 56.7 Å². The highest BCUT2D eigenvalue weighted by atomic mass is 19.4. The van der Waals surface area contributed by atoms with Gasteiger partial charge in [0.05, 0.1) is 0 Å². The van der Waals surface area contributed by atoms with Crippen LogP contribution in [0.3, 0.4) is 0 Å². The predicted molar refractivity (Wildman–Crippen MR) is 30.5 cm³/mol. The van der Waals surface area contributed by atoms with Crippen molar-refractivity contribution in [2.75, 3.05) is 6.61 Å². The van der Waals surface area contributed by atoms with E-state index in [4.69, 9.17) is 0 Å². The van der Waals surface area contributed by atoms with E-state index >= 15 is 0 Å². The van der Waals surface area contributed by atoms with Crippen molar-refractivity contribution in [3.8, 4) is 0 Å². The highest BCUT2D eigenvalue weighted by molar-refractivity contribution is 5.56. The van der Waals surface area contributed by atoms with Gasteiger partial charge in [0, 0.05) is 6.21 Å². The molecule has 0 bridgehead atoms. The molecular formula is C5H7F3NO. The fourth-order valence-electron chi connectivity index (χ4n) is 0.216. The zero-order valence-corrected chi connectivity index (χ0v) is 5.19. The van der Waals surface area contributed by atoms with Crippen LogP contribution in [0.2, 0.25) is 0 Å². The van der Waals surface area contributed by atoms with Crippen molar-refractivity contribution in [3.63, 3.8) is 0 Å². The monoisotopic (exact) mass is 154 g/mol. The average Bonchev–Trinajstić information content (AvgIpc) is 1.78. The van der Waals surface area contributed by atoms with Gasteiger partial charge in [0.15, 0.2) is 0 Å². The number of oxime groups is 1. The molecule has 0 aliphatic rings. The molecule has 0 amide bonds. The molecule has 2 nitrogen and oxygen atoms in total. The first-order valence-corrected chi connectivity index (χ1v) is 2.56. The summed E-state index contributed by atoms with van der Waals surface area (Å²) in [5.74, 6) is 0. The molecule has 0 spiro atoms. The lowest BCUT2D eigenvalue weighted by Gasteiger charge is -2.02. The van der Waals surface area contributed by atoms with Gasteiger partial charge in [0.1, 0.15) is 0 Å². The predicted octanol–water partition coefficient (Wildman–Crippen LogP) is 1.78. The van der Waals surface area contributed by atoms with E-state index in [-0.39, 0.29) is 0 Å². The van der Waals surface area contributed by atoms with Crippen LogP contribution in [0.15, 0.2) is 5.16 Å². The molecule has 0 saturated heterocycles. The molecule has 0 aliphatic heterocycles. The van der Waals surface area contributed by atoms with E-state index in [0.29, 0.717) is 6.42 Å². The van der Waals surface area contributed by atoms with Gasteiger partial charge < -0.3 is 4.84 Å². The largest absolute Gasteiger partial charge is 0.425 e. The molecule has 0 heterocycles. The van der Waals surface area contributed by atoms with Gasteiger partial charge in [-0.2, -0.15) is 13.2 Å². The standard InChI is InChI=1S/C5H7F3NO/c1-2-3-9-10-4-5(6,7)8/h3H,1-2,4H2/b9-3+. The van der Waals surface area contributed by atoms with Crippen molar-refractivity contribution in [2.24, 2.45) is 5.16 Å². The minimum atomic E-state index is -4.31. The maximum Gasteiger partial charge on any atom is 0.425 e. The second kappa shape index (κ2) is 4.14. The Morgan fingerprint density at radius 2 is 2.10 bits per heavy atom. The summed E-state index contributed by atoms with van der Waals surface area (Å²) in [4.78, 5) is 3.84. The van der Waals surface area contributed by atoms with Crippen molar-refractivity contribution in [1.82, 2.24) is 0 Å². The quantitative estimate of drug-likeness (QED) is 0.448. The zero-order chi connectivity index (χ0) is 8.04. The fourth-order valence-corrected chi connectivity index (χ4v) is 0.216. The van der Waals surface area contributed by atoms with Crippen molar-refractivity contribution in [2.45, 2.75) is 12.6 Å². The fraction of sp³-hybridized carbons (Fsp3) is 0.600. The summed E-state index contributed by atoms with van der Waals surface area (Å²) >= 11 is 0. The Bertz CT molecular complexity index is 110. The molecule has 0 aromatic heterocycles. The van der Waals surface area contributed by atoms with Crippen molar-refractivity contribution in [3.05, 3.63) is 6.92 Å². The van der Waals surface area contributed by atoms with Crippen molar-refractivity contribution < 1.29 is 18.0 Å². The first kappa shape index (κ1) is 9.26. The summed E-state index contributed by atoms with van der Waals surface area (Å²) in [5.41, 5.74) is 0. The smallest absolute Gasteiger partial charge is 0.386 e. The highest BCUT2D eigenvalue weighted by Crippen LogP contribution is 2.14. The Morgan fingerprint density at radius 1 is 1.50 bits per heavy atom. The van der Waals surface area contributed by atoms with Crippen LogP contribution in [0.25, 0.3) is 0 Å². The van der Waals surface area contributed by atoms with Gasteiger partial charge in [0.2, 0.25) is 6.61 Å². The van der Waals surface area contributed by atoms with Gasteiger partial charge in [-0.05, 0) is 13.3 Å². The molecular weight excluding hydrogens is 147 g/mol. The molecule has 0 N–H and O–H groups in total. The Morgan fingerprint density at radius 3 is 2.50 bits per heavy atom. The maximum atomic E-state index is 11.3. The van der Waals surface area contributed by atoms with Gasteiger partial charge in [-0.1, -0.05) is 5.16 Å². The first-order chi connectivity index (χ1) is 4.56. The average molecular weight is 154 g/mol. The Hall–Kier alpha value is -0.740. The summed E-state index contributed by atoms with van der Waals surface area (Å²) in [7, 11) is 0. The van der Waals surface area contributed by atoms with Gasteiger partial charge >= 0.3 is 6.18 Å². The second-order valence-corrected chi connectivity index (χ2v) is 1.47. The van der Waals surface area contributed by atoms with E-state index < -0.39 is 12.8 Å². The third-order valence-electron chi connectivity index (χ3n) is 0.506. The number of nitrogens with zero attached hydrogens (tertiary/aromatic N) is 1. The molecule has 0 fully saturated rings.